The van der Waals surface area contributed by atoms with E-state index in [1.165, 1.54) is 32.1 Å². The Kier molecular flexibility index (Phi) is 7.50. The second-order valence-electron chi connectivity index (χ2n) is 5.37. The minimum atomic E-state index is 0.640. The van der Waals surface area contributed by atoms with Gasteiger partial charge in [-0.15, -0.1) is 0 Å². The van der Waals surface area contributed by atoms with Gasteiger partial charge in [0.25, 0.3) is 0 Å². The third-order valence-electron chi connectivity index (χ3n) is 3.64. The lowest BCUT2D eigenvalue weighted by Gasteiger charge is -2.08. The Morgan fingerprint density at radius 2 is 1.73 bits per heavy atom. The monoisotopic (exact) mass is 365 g/mol. The first-order chi connectivity index (χ1) is 10.8. The highest BCUT2D eigenvalue weighted by Gasteiger charge is 2.01. The quantitative estimate of drug-likeness (QED) is 0.419. The Morgan fingerprint density at radius 1 is 0.955 bits per heavy atom. The molecule has 2 rings (SSSR count). The fourth-order valence-corrected chi connectivity index (χ4v) is 2.78. The van der Waals surface area contributed by atoms with Gasteiger partial charge in [0, 0.05) is 16.8 Å². The highest BCUT2D eigenvalue weighted by Crippen LogP contribution is 2.22. The van der Waals surface area contributed by atoms with Gasteiger partial charge in [0.1, 0.15) is 5.75 Å². The maximum atomic E-state index is 5.83. The number of aromatic nitrogens is 1. The summed E-state index contributed by atoms with van der Waals surface area (Å²) in [7, 11) is 1.63. The molecule has 120 valence electrons. The molecule has 4 heteroatoms. The van der Waals surface area contributed by atoms with E-state index in [-0.39, 0.29) is 0 Å². The second-order valence-corrected chi connectivity index (χ2v) is 6.16. The van der Waals surface area contributed by atoms with Crippen molar-refractivity contribution < 1.29 is 9.47 Å². The zero-order valence-corrected chi connectivity index (χ0v) is 14.8. The van der Waals surface area contributed by atoms with Crippen LogP contribution in [0, 0.1) is 0 Å². The van der Waals surface area contributed by atoms with Crippen LogP contribution in [0.5, 0.6) is 11.6 Å². The molecule has 0 N–H and O–H groups in total. The number of hydrogen-bond acceptors (Lipinski definition) is 3. The van der Waals surface area contributed by atoms with E-state index in [0.717, 1.165) is 35.0 Å². The van der Waals surface area contributed by atoms with Crippen molar-refractivity contribution in [2.75, 3.05) is 19.0 Å². The Bertz CT molecular complexity index is 574. The van der Waals surface area contributed by atoms with E-state index >= 15 is 0 Å². The summed E-state index contributed by atoms with van der Waals surface area (Å²) in [5.74, 6) is 1.56. The van der Waals surface area contributed by atoms with Gasteiger partial charge in [-0.25, -0.2) is 4.98 Å². The maximum Gasteiger partial charge on any atom is 0.213 e. The number of halogens is 1. The molecule has 3 nitrogen and oxygen atoms in total. The van der Waals surface area contributed by atoms with E-state index in [2.05, 4.69) is 20.9 Å². The summed E-state index contributed by atoms with van der Waals surface area (Å²) in [4.78, 5) is 4.40. The average molecular weight is 366 g/mol. The molecule has 0 saturated carbocycles. The first-order valence-corrected chi connectivity index (χ1v) is 9.09. The highest BCUT2D eigenvalue weighted by molar-refractivity contribution is 9.09. The van der Waals surface area contributed by atoms with Gasteiger partial charge in [0.2, 0.25) is 5.88 Å². The molecular formula is C18H24BrNO2. The SMILES string of the molecule is COc1ccc2cc(OCCCCCCCCBr)ccc2n1. The zero-order valence-electron chi connectivity index (χ0n) is 13.2. The number of benzene rings is 1. The normalized spacial score (nSPS) is 10.8. The van der Waals surface area contributed by atoms with Crippen molar-refractivity contribution in [2.24, 2.45) is 0 Å². The molecule has 0 amide bonds. The molecule has 0 radical (unpaired) electrons. The minimum absolute atomic E-state index is 0.640. The van der Waals surface area contributed by atoms with Crippen molar-refractivity contribution in [1.29, 1.82) is 0 Å². The van der Waals surface area contributed by atoms with Crippen molar-refractivity contribution in [1.82, 2.24) is 4.98 Å². The van der Waals surface area contributed by atoms with Gasteiger partial charge >= 0.3 is 0 Å². The van der Waals surface area contributed by atoms with E-state index in [0.29, 0.717) is 5.88 Å². The van der Waals surface area contributed by atoms with Gasteiger partial charge < -0.3 is 9.47 Å². The molecule has 0 spiro atoms. The van der Waals surface area contributed by atoms with Crippen molar-refractivity contribution in [2.45, 2.75) is 38.5 Å². The van der Waals surface area contributed by atoms with Gasteiger partial charge in [0.05, 0.1) is 19.2 Å². The van der Waals surface area contributed by atoms with Crippen LogP contribution in [-0.4, -0.2) is 24.0 Å². The Morgan fingerprint density at radius 3 is 2.50 bits per heavy atom. The van der Waals surface area contributed by atoms with Gasteiger partial charge in [-0.05, 0) is 37.1 Å². The molecule has 1 heterocycles. The summed E-state index contributed by atoms with van der Waals surface area (Å²) in [5.41, 5.74) is 0.929. The molecule has 1 aromatic heterocycles. The molecular weight excluding hydrogens is 342 g/mol. The number of rotatable bonds is 10. The first kappa shape index (κ1) is 17.1. The lowest BCUT2D eigenvalue weighted by Crippen LogP contribution is -1.97. The summed E-state index contributed by atoms with van der Waals surface area (Å²) < 4.78 is 11.0. The Hall–Kier alpha value is -1.29. The lowest BCUT2D eigenvalue weighted by molar-refractivity contribution is 0.305. The van der Waals surface area contributed by atoms with E-state index in [1.54, 1.807) is 7.11 Å². The fraction of sp³-hybridized carbons (Fsp3) is 0.500. The third kappa shape index (κ3) is 5.48. The Balaban J connectivity index is 1.73. The molecule has 0 fully saturated rings. The predicted molar refractivity (Wildman–Crippen MR) is 95.3 cm³/mol. The topological polar surface area (TPSA) is 31.4 Å². The van der Waals surface area contributed by atoms with Gasteiger partial charge in [-0.3, -0.25) is 0 Å². The largest absolute Gasteiger partial charge is 0.494 e. The standard InChI is InChI=1S/C18H24BrNO2/c1-21-18-11-8-15-14-16(9-10-17(15)20-18)22-13-7-5-3-2-4-6-12-19/h8-11,14H,2-7,12-13H2,1H3. The summed E-state index contributed by atoms with van der Waals surface area (Å²) in [6.45, 7) is 0.785. The van der Waals surface area contributed by atoms with Crippen molar-refractivity contribution in [3.8, 4) is 11.6 Å². The van der Waals surface area contributed by atoms with Crippen molar-refractivity contribution in [3.05, 3.63) is 30.3 Å². The van der Waals surface area contributed by atoms with E-state index in [9.17, 15) is 0 Å². The number of unbranched alkanes of at least 4 members (excludes halogenated alkanes) is 5. The number of ether oxygens (including phenoxy) is 2. The number of alkyl halides is 1. The van der Waals surface area contributed by atoms with Crippen LogP contribution in [0.2, 0.25) is 0 Å². The van der Waals surface area contributed by atoms with E-state index < -0.39 is 0 Å². The van der Waals surface area contributed by atoms with Crippen LogP contribution in [-0.2, 0) is 0 Å². The first-order valence-electron chi connectivity index (χ1n) is 7.97. The van der Waals surface area contributed by atoms with Crippen LogP contribution in [0.25, 0.3) is 10.9 Å². The number of fused-ring (bicyclic) bond motifs is 1. The van der Waals surface area contributed by atoms with Crippen molar-refractivity contribution >= 4 is 26.8 Å². The van der Waals surface area contributed by atoms with Crippen LogP contribution in [0.4, 0.5) is 0 Å². The molecule has 0 atom stereocenters. The number of hydrogen-bond donors (Lipinski definition) is 0. The van der Waals surface area contributed by atoms with Gasteiger partial charge in [-0.2, -0.15) is 0 Å². The molecule has 2 aromatic rings. The van der Waals surface area contributed by atoms with Crippen LogP contribution < -0.4 is 9.47 Å². The van der Waals surface area contributed by atoms with Crippen molar-refractivity contribution in [3.63, 3.8) is 0 Å². The number of nitrogens with zero attached hydrogens (tertiary/aromatic N) is 1. The maximum absolute atomic E-state index is 5.83. The highest BCUT2D eigenvalue weighted by atomic mass is 79.9. The second kappa shape index (κ2) is 9.67. The molecule has 0 aliphatic carbocycles. The third-order valence-corrected chi connectivity index (χ3v) is 4.20. The molecule has 0 aliphatic heterocycles. The summed E-state index contributed by atoms with van der Waals surface area (Å²) >= 11 is 3.46. The fourth-order valence-electron chi connectivity index (χ4n) is 2.38. The molecule has 0 aliphatic rings. The number of pyridine rings is 1. The van der Waals surface area contributed by atoms with Crippen LogP contribution in [0.15, 0.2) is 30.3 Å². The minimum Gasteiger partial charge on any atom is -0.494 e. The van der Waals surface area contributed by atoms with Crippen LogP contribution in [0.1, 0.15) is 38.5 Å². The van der Waals surface area contributed by atoms with Crippen LogP contribution >= 0.6 is 15.9 Å². The van der Waals surface area contributed by atoms with E-state index in [1.807, 2.05) is 30.3 Å². The molecule has 22 heavy (non-hydrogen) atoms. The van der Waals surface area contributed by atoms with Gasteiger partial charge in [0.15, 0.2) is 0 Å². The summed E-state index contributed by atoms with van der Waals surface area (Å²) in [6.07, 6.45) is 7.61. The van der Waals surface area contributed by atoms with Crippen LogP contribution in [0.3, 0.4) is 0 Å². The molecule has 0 unspecified atom stereocenters. The smallest absolute Gasteiger partial charge is 0.213 e. The van der Waals surface area contributed by atoms with Gasteiger partial charge in [-0.1, -0.05) is 41.6 Å². The molecule has 0 saturated heterocycles. The molecule has 1 aromatic carbocycles. The summed E-state index contributed by atoms with van der Waals surface area (Å²) in [5, 5.41) is 2.20. The summed E-state index contributed by atoms with van der Waals surface area (Å²) in [6, 6.07) is 9.88. The van der Waals surface area contributed by atoms with E-state index in [4.69, 9.17) is 9.47 Å². The zero-order chi connectivity index (χ0) is 15.6. The lowest BCUT2D eigenvalue weighted by atomic mass is 10.1. The Labute approximate surface area is 141 Å². The predicted octanol–water partition coefficient (Wildman–Crippen LogP) is 5.36. The average Bonchev–Trinajstić information content (AvgIpc) is 2.56. The number of methoxy groups -OCH3 is 1. The molecule has 0 bridgehead atoms.